The fraction of sp³-hybridized carbons (Fsp3) is 0. The van der Waals surface area contributed by atoms with E-state index < -0.39 is 39.3 Å². The number of nitro benzene ring substituents is 1. The molecule has 5 N–H and O–H groups in total. The van der Waals surface area contributed by atoms with E-state index in [0.717, 1.165) is 23.7 Å². The number of aromatic hydroxyl groups is 2. The monoisotopic (exact) mass is 348 g/mol. The van der Waals surface area contributed by atoms with E-state index in [0.29, 0.717) is 0 Å². The predicted molar refractivity (Wildman–Crippen MR) is 81.7 cm³/mol. The number of nitrogens with one attached hydrogen (secondary N) is 1. The third-order valence-corrected chi connectivity index (χ3v) is 3.35. The first-order valence-electron chi connectivity index (χ1n) is 6.03. The summed E-state index contributed by atoms with van der Waals surface area (Å²) in [4.78, 5) is 25.7. The molecule has 2 rings (SSSR count). The molecule has 0 aliphatic heterocycles. The number of phenolic OH excluding ortho intramolecular Hbond substituents is 2. The van der Waals surface area contributed by atoms with Crippen molar-refractivity contribution in [2.45, 2.75) is 0 Å². The molecule has 0 saturated heterocycles. The van der Waals surface area contributed by atoms with Crippen LogP contribution in [0.2, 0.25) is 0 Å². The lowest BCUT2D eigenvalue weighted by Crippen LogP contribution is -2.17. The summed E-state index contributed by atoms with van der Waals surface area (Å²) in [5.41, 5.74) is 3.74. The number of anilines is 1. The van der Waals surface area contributed by atoms with Crippen molar-refractivity contribution in [3.63, 3.8) is 0 Å². The average Bonchev–Trinajstić information content (AvgIpc) is 3.02. The van der Waals surface area contributed by atoms with Gasteiger partial charge < -0.3 is 15.9 Å². The number of nitrogens with zero attached hydrogens (tertiary/aromatic N) is 4. The summed E-state index contributed by atoms with van der Waals surface area (Å²) in [5, 5.41) is 41.4. The zero-order valence-electron chi connectivity index (χ0n) is 11.6. The van der Waals surface area contributed by atoms with Crippen molar-refractivity contribution in [2.75, 3.05) is 5.32 Å². The van der Waals surface area contributed by atoms with Crippen LogP contribution in [0.5, 0.6) is 11.5 Å². The van der Waals surface area contributed by atoms with Crippen LogP contribution in [0.15, 0.2) is 24.0 Å². The van der Waals surface area contributed by atoms with Crippen molar-refractivity contribution >= 4 is 34.0 Å². The number of benzene rings is 1. The van der Waals surface area contributed by atoms with Gasteiger partial charge in [0.25, 0.3) is 5.91 Å². The Balaban J connectivity index is 2.48. The van der Waals surface area contributed by atoms with Crippen LogP contribution in [0.1, 0.15) is 5.56 Å². The maximum atomic E-state index is 12.0. The van der Waals surface area contributed by atoms with E-state index in [1.54, 1.807) is 6.07 Å². The number of carbonyl (C=O) groups is 1. The number of amides is 1. The van der Waals surface area contributed by atoms with Gasteiger partial charge in [0.1, 0.15) is 18.0 Å². The first-order valence-corrected chi connectivity index (χ1v) is 6.81. The Bertz CT molecular complexity index is 886. The minimum atomic E-state index is -0.951. The van der Waals surface area contributed by atoms with Crippen LogP contribution in [0.3, 0.4) is 0 Å². The highest BCUT2D eigenvalue weighted by atomic mass is 32.1. The SMILES string of the molecule is N#C/C(C(=O)Nc1ncns1)=C(/N)c1cc(O)c(O)c([N+](=O)[O-])c1. The largest absolute Gasteiger partial charge is 0.504 e. The fourth-order valence-corrected chi connectivity index (χ4v) is 2.09. The standard InChI is InChI=1S/C12H8N6O5S/c13-3-6(11(21)17-12-15-4-16-24-12)9(14)5-1-7(18(22)23)10(20)8(19)2-5/h1-2,4,19-20H,14H2,(H,15,16,17,21)/b9-6-. The summed E-state index contributed by atoms with van der Waals surface area (Å²) in [6, 6.07) is 3.31. The van der Waals surface area contributed by atoms with Gasteiger partial charge in [-0.3, -0.25) is 20.2 Å². The molecule has 122 valence electrons. The maximum absolute atomic E-state index is 12.0. The predicted octanol–water partition coefficient (Wildman–Crippen LogP) is 0.690. The van der Waals surface area contributed by atoms with Gasteiger partial charge in [0.05, 0.1) is 10.6 Å². The van der Waals surface area contributed by atoms with Crippen molar-refractivity contribution in [1.82, 2.24) is 9.36 Å². The molecule has 0 radical (unpaired) electrons. The highest BCUT2D eigenvalue weighted by Crippen LogP contribution is 2.37. The second kappa shape index (κ2) is 6.58. The number of nitriles is 1. The molecule has 0 fully saturated rings. The molecule has 0 atom stereocenters. The molecule has 1 heterocycles. The van der Waals surface area contributed by atoms with Crippen molar-refractivity contribution in [3.8, 4) is 17.6 Å². The highest BCUT2D eigenvalue weighted by molar-refractivity contribution is 7.09. The summed E-state index contributed by atoms with van der Waals surface area (Å²) in [5.74, 6) is -2.67. The van der Waals surface area contributed by atoms with Crippen LogP contribution in [-0.4, -0.2) is 30.4 Å². The number of hydrogen-bond acceptors (Lipinski definition) is 10. The van der Waals surface area contributed by atoms with Gasteiger partial charge in [0.15, 0.2) is 5.75 Å². The third-order valence-electron chi connectivity index (χ3n) is 2.77. The molecule has 1 amide bonds. The lowest BCUT2D eigenvalue weighted by Gasteiger charge is -2.07. The average molecular weight is 348 g/mol. The molecule has 1 aromatic carbocycles. The van der Waals surface area contributed by atoms with Gasteiger partial charge in [-0.15, -0.1) is 0 Å². The molecular weight excluding hydrogens is 340 g/mol. The quantitative estimate of drug-likeness (QED) is 0.202. The summed E-state index contributed by atoms with van der Waals surface area (Å²) >= 11 is 0.869. The Morgan fingerprint density at radius 1 is 1.46 bits per heavy atom. The van der Waals surface area contributed by atoms with Crippen LogP contribution in [0.25, 0.3) is 5.70 Å². The smallest absolute Gasteiger partial charge is 0.315 e. The first kappa shape index (κ1) is 16.6. The summed E-state index contributed by atoms with van der Waals surface area (Å²) < 4.78 is 3.67. The van der Waals surface area contributed by atoms with E-state index in [-0.39, 0.29) is 10.7 Å². The molecular formula is C12H8N6O5S. The Hall–Kier alpha value is -3.72. The van der Waals surface area contributed by atoms with Crippen molar-refractivity contribution in [2.24, 2.45) is 5.73 Å². The number of carbonyl (C=O) groups excluding carboxylic acids is 1. The second-order valence-corrected chi connectivity index (χ2v) is 5.00. The third kappa shape index (κ3) is 3.20. The molecule has 0 spiro atoms. The topological polar surface area (TPSA) is 188 Å². The number of phenols is 2. The zero-order chi connectivity index (χ0) is 17.9. The normalized spacial score (nSPS) is 11.3. The van der Waals surface area contributed by atoms with Crippen LogP contribution in [-0.2, 0) is 4.79 Å². The van der Waals surface area contributed by atoms with Crippen LogP contribution in [0.4, 0.5) is 10.8 Å². The molecule has 11 nitrogen and oxygen atoms in total. The zero-order valence-corrected chi connectivity index (χ0v) is 12.4. The lowest BCUT2D eigenvalue weighted by atomic mass is 10.1. The molecule has 0 bridgehead atoms. The molecule has 2 aromatic rings. The van der Waals surface area contributed by atoms with E-state index in [1.807, 2.05) is 0 Å². The molecule has 0 saturated carbocycles. The highest BCUT2D eigenvalue weighted by Gasteiger charge is 2.22. The van der Waals surface area contributed by atoms with Crippen molar-refractivity contribution in [3.05, 3.63) is 39.7 Å². The van der Waals surface area contributed by atoms with Crippen molar-refractivity contribution in [1.29, 1.82) is 5.26 Å². The number of nitrogens with two attached hydrogens (primary N) is 1. The minimum Gasteiger partial charge on any atom is -0.504 e. The van der Waals surface area contributed by atoms with Gasteiger partial charge >= 0.3 is 5.69 Å². The van der Waals surface area contributed by atoms with Gasteiger partial charge in [0, 0.05) is 23.2 Å². The number of rotatable bonds is 4. The molecule has 1 aromatic heterocycles. The maximum Gasteiger partial charge on any atom is 0.315 e. The Morgan fingerprint density at radius 3 is 2.71 bits per heavy atom. The number of nitro groups is 1. The minimum absolute atomic E-state index is 0.125. The van der Waals surface area contributed by atoms with E-state index in [2.05, 4.69) is 14.7 Å². The fourth-order valence-electron chi connectivity index (χ4n) is 1.66. The summed E-state index contributed by atoms with van der Waals surface area (Å²) in [6.07, 6.45) is 1.20. The van der Waals surface area contributed by atoms with Crippen LogP contribution < -0.4 is 11.1 Å². The lowest BCUT2D eigenvalue weighted by molar-refractivity contribution is -0.386. The van der Waals surface area contributed by atoms with Gasteiger partial charge in [-0.2, -0.15) is 9.64 Å². The Kier molecular flexibility index (Phi) is 4.57. The molecule has 0 aliphatic carbocycles. The van der Waals surface area contributed by atoms with Crippen molar-refractivity contribution < 1.29 is 19.9 Å². The summed E-state index contributed by atoms with van der Waals surface area (Å²) in [7, 11) is 0. The van der Waals surface area contributed by atoms with Gasteiger partial charge in [-0.25, -0.2) is 4.98 Å². The first-order chi connectivity index (χ1) is 11.3. The van der Waals surface area contributed by atoms with E-state index >= 15 is 0 Å². The van der Waals surface area contributed by atoms with Crippen LogP contribution in [0, 0.1) is 21.4 Å². The Morgan fingerprint density at radius 2 is 2.17 bits per heavy atom. The van der Waals surface area contributed by atoms with E-state index in [9.17, 15) is 25.1 Å². The molecule has 24 heavy (non-hydrogen) atoms. The Labute approximate surface area is 137 Å². The van der Waals surface area contributed by atoms with Gasteiger partial charge in [-0.1, -0.05) is 0 Å². The van der Waals surface area contributed by atoms with E-state index in [4.69, 9.17) is 11.0 Å². The number of hydrogen-bond donors (Lipinski definition) is 4. The van der Waals surface area contributed by atoms with Gasteiger partial charge in [0.2, 0.25) is 10.9 Å². The molecule has 0 aliphatic rings. The molecule has 0 unspecified atom stereocenters. The van der Waals surface area contributed by atoms with Crippen LogP contribution >= 0.6 is 11.5 Å². The second-order valence-electron chi connectivity index (χ2n) is 4.22. The van der Waals surface area contributed by atoms with E-state index in [1.165, 1.54) is 6.33 Å². The number of aromatic nitrogens is 2. The summed E-state index contributed by atoms with van der Waals surface area (Å²) in [6.45, 7) is 0. The van der Waals surface area contributed by atoms with Gasteiger partial charge in [-0.05, 0) is 6.07 Å². The molecule has 12 heteroatoms.